The molecule has 0 fully saturated rings. The Morgan fingerprint density at radius 2 is 1.28 bits per heavy atom. The van der Waals surface area contributed by atoms with Gasteiger partial charge in [0.15, 0.2) is 0 Å². The van der Waals surface area contributed by atoms with Gasteiger partial charge in [0.2, 0.25) is 0 Å². The molecule has 1 aliphatic carbocycles. The summed E-state index contributed by atoms with van der Waals surface area (Å²) in [6.07, 6.45) is 5.07. The molecule has 0 N–H and O–H groups in total. The molecule has 18 heavy (non-hydrogen) atoms. The minimum absolute atomic E-state index is 0.680. The molecule has 0 heterocycles. The first-order valence-corrected chi connectivity index (χ1v) is 9.84. The minimum atomic E-state index is -1.71. The highest BCUT2D eigenvalue weighted by Gasteiger charge is 2.47. The van der Waals surface area contributed by atoms with Crippen LogP contribution in [0.15, 0.2) is 11.3 Å². The second-order valence-corrected chi connectivity index (χ2v) is 12.2. The van der Waals surface area contributed by atoms with Crippen molar-refractivity contribution in [2.45, 2.75) is 90.8 Å². The Morgan fingerprint density at radius 3 is 1.67 bits per heavy atom. The van der Waals surface area contributed by atoms with Gasteiger partial charge in [0.25, 0.3) is 8.32 Å². The molecule has 0 unspecified atom stereocenters. The smallest absolute Gasteiger partial charge is 0.258 e. The van der Waals surface area contributed by atoms with Crippen LogP contribution in [0.2, 0.25) is 16.6 Å². The fourth-order valence-electron chi connectivity index (χ4n) is 3.73. The van der Waals surface area contributed by atoms with Crippen LogP contribution in [0.25, 0.3) is 0 Å². The molecular weight excluding hydrogens is 236 g/mol. The van der Waals surface area contributed by atoms with Crippen molar-refractivity contribution in [3.8, 4) is 0 Å². The van der Waals surface area contributed by atoms with Crippen molar-refractivity contribution in [2.24, 2.45) is 0 Å². The number of allylic oxidation sites excluding steroid dienone is 2. The Kier molecular flexibility index (Phi) is 5.51. The maximum Gasteiger partial charge on any atom is 0.258 e. The van der Waals surface area contributed by atoms with Crippen LogP contribution in [-0.2, 0) is 4.43 Å². The summed E-state index contributed by atoms with van der Waals surface area (Å²) in [5.74, 6) is 1.35. The zero-order valence-electron chi connectivity index (χ0n) is 13.5. The minimum Gasteiger partial charge on any atom is -0.546 e. The van der Waals surface area contributed by atoms with Gasteiger partial charge in [0.05, 0.1) is 5.76 Å². The van der Waals surface area contributed by atoms with E-state index >= 15 is 0 Å². The van der Waals surface area contributed by atoms with E-state index in [1.165, 1.54) is 37.0 Å². The summed E-state index contributed by atoms with van der Waals surface area (Å²) in [5.41, 5.74) is 3.55. The third-order valence-corrected chi connectivity index (χ3v) is 10.7. The lowest BCUT2D eigenvalue weighted by Gasteiger charge is -2.44. The molecule has 1 aliphatic rings. The molecule has 0 aromatic carbocycles. The van der Waals surface area contributed by atoms with E-state index in [1.807, 2.05) is 0 Å². The first-order chi connectivity index (χ1) is 8.32. The van der Waals surface area contributed by atoms with Crippen LogP contribution in [0.1, 0.15) is 74.1 Å². The zero-order valence-corrected chi connectivity index (χ0v) is 14.5. The molecule has 0 saturated heterocycles. The lowest BCUT2D eigenvalue weighted by molar-refractivity contribution is 0.333. The summed E-state index contributed by atoms with van der Waals surface area (Å²) in [5, 5.41) is 0. The Morgan fingerprint density at radius 1 is 0.833 bits per heavy atom. The molecule has 0 aliphatic heterocycles. The van der Waals surface area contributed by atoms with Crippen molar-refractivity contribution in [1.82, 2.24) is 0 Å². The van der Waals surface area contributed by atoms with Crippen LogP contribution in [0.3, 0.4) is 0 Å². The monoisotopic (exact) mass is 268 g/mol. The van der Waals surface area contributed by atoms with E-state index < -0.39 is 8.32 Å². The number of hydrogen-bond donors (Lipinski definition) is 0. The van der Waals surface area contributed by atoms with Crippen LogP contribution in [0.4, 0.5) is 0 Å². The van der Waals surface area contributed by atoms with Crippen LogP contribution < -0.4 is 0 Å². The Bertz CT molecular complexity index is 280. The van der Waals surface area contributed by atoms with E-state index in [2.05, 4.69) is 48.5 Å². The van der Waals surface area contributed by atoms with Gasteiger partial charge in [-0.25, -0.2) is 0 Å². The number of hydrogen-bond acceptors (Lipinski definition) is 1. The van der Waals surface area contributed by atoms with Crippen LogP contribution in [-0.4, -0.2) is 8.32 Å². The highest BCUT2D eigenvalue weighted by atomic mass is 28.4. The summed E-state index contributed by atoms with van der Waals surface area (Å²) < 4.78 is 6.79. The molecule has 0 aromatic heterocycles. The molecule has 0 atom stereocenters. The van der Waals surface area contributed by atoms with Gasteiger partial charge in [0.1, 0.15) is 0 Å². The largest absolute Gasteiger partial charge is 0.546 e. The highest BCUT2D eigenvalue weighted by Crippen LogP contribution is 2.45. The molecule has 0 aromatic rings. The highest BCUT2D eigenvalue weighted by molar-refractivity contribution is 6.77. The normalized spacial score (nSPS) is 18.1. The molecule has 0 saturated carbocycles. The van der Waals surface area contributed by atoms with E-state index in [0.717, 1.165) is 0 Å². The summed E-state index contributed by atoms with van der Waals surface area (Å²) in [7, 11) is -1.71. The maximum absolute atomic E-state index is 6.79. The Hall–Kier alpha value is -0.243. The number of rotatable bonds is 5. The summed E-state index contributed by atoms with van der Waals surface area (Å²) in [4.78, 5) is 0. The van der Waals surface area contributed by atoms with Crippen molar-refractivity contribution < 1.29 is 4.43 Å². The second kappa shape index (κ2) is 6.27. The van der Waals surface area contributed by atoms with E-state index in [9.17, 15) is 0 Å². The van der Waals surface area contributed by atoms with Crippen molar-refractivity contribution in [3.63, 3.8) is 0 Å². The third-order valence-electron chi connectivity index (χ3n) is 4.69. The van der Waals surface area contributed by atoms with Crippen molar-refractivity contribution in [3.05, 3.63) is 11.3 Å². The van der Waals surface area contributed by atoms with Crippen LogP contribution in [0, 0.1) is 0 Å². The van der Waals surface area contributed by atoms with E-state index in [4.69, 9.17) is 4.43 Å². The second-order valence-electron chi connectivity index (χ2n) is 6.83. The van der Waals surface area contributed by atoms with Gasteiger partial charge < -0.3 is 4.43 Å². The lowest BCUT2D eigenvalue weighted by atomic mass is 9.99. The van der Waals surface area contributed by atoms with Crippen molar-refractivity contribution in [1.29, 1.82) is 0 Å². The van der Waals surface area contributed by atoms with Gasteiger partial charge in [-0.05, 0) is 48.4 Å². The quantitative estimate of drug-likeness (QED) is 0.553. The van der Waals surface area contributed by atoms with Gasteiger partial charge in [0, 0.05) is 6.42 Å². The fraction of sp³-hybridized carbons (Fsp3) is 0.875. The molecule has 0 spiro atoms. The van der Waals surface area contributed by atoms with E-state index in [0.29, 0.717) is 16.6 Å². The first-order valence-electron chi connectivity index (χ1n) is 7.70. The lowest BCUT2D eigenvalue weighted by Crippen LogP contribution is -2.47. The van der Waals surface area contributed by atoms with Gasteiger partial charge in [-0.1, -0.05) is 41.5 Å². The summed E-state index contributed by atoms with van der Waals surface area (Å²) >= 11 is 0. The molecule has 0 bridgehead atoms. The predicted molar refractivity (Wildman–Crippen MR) is 83.3 cm³/mol. The SMILES string of the molecule is CC1=C(O[Si](C(C)C)(C(C)C)C(C)C)CCCC1. The molecular formula is C16H32OSi. The average Bonchev–Trinajstić information content (AvgIpc) is 2.26. The Balaban J connectivity index is 3.05. The van der Waals surface area contributed by atoms with Crippen molar-refractivity contribution in [2.75, 3.05) is 0 Å². The molecule has 1 rings (SSSR count). The van der Waals surface area contributed by atoms with Crippen LogP contribution in [0.5, 0.6) is 0 Å². The average molecular weight is 269 g/mol. The van der Waals surface area contributed by atoms with Gasteiger partial charge >= 0.3 is 0 Å². The molecule has 1 nitrogen and oxygen atoms in total. The molecule has 2 heteroatoms. The standard InChI is InChI=1S/C16H32OSi/c1-12(2)18(13(3)4,14(5)6)17-16-11-9-8-10-15(16)7/h12-14H,8-11H2,1-7H3. The zero-order chi connectivity index (χ0) is 13.9. The van der Waals surface area contributed by atoms with E-state index in [-0.39, 0.29) is 0 Å². The predicted octanol–water partition coefficient (Wildman–Crippen LogP) is 6.03. The van der Waals surface area contributed by atoms with Gasteiger partial charge in [-0.15, -0.1) is 0 Å². The summed E-state index contributed by atoms with van der Waals surface area (Å²) in [6, 6.07) is 0. The van der Waals surface area contributed by atoms with Crippen LogP contribution >= 0.6 is 0 Å². The topological polar surface area (TPSA) is 9.23 Å². The molecule has 0 amide bonds. The van der Waals surface area contributed by atoms with Crippen molar-refractivity contribution >= 4 is 8.32 Å². The maximum atomic E-state index is 6.79. The van der Waals surface area contributed by atoms with Gasteiger partial charge in [-0.3, -0.25) is 0 Å². The fourth-order valence-corrected chi connectivity index (χ4v) is 9.14. The molecule has 106 valence electrons. The first kappa shape index (κ1) is 15.8. The van der Waals surface area contributed by atoms with Gasteiger partial charge in [-0.2, -0.15) is 0 Å². The third kappa shape index (κ3) is 3.01. The molecule has 0 radical (unpaired) electrons. The van der Waals surface area contributed by atoms with E-state index in [1.54, 1.807) is 0 Å². The Labute approximate surface area is 115 Å². The summed E-state index contributed by atoms with van der Waals surface area (Å²) in [6.45, 7) is 16.5.